The molecule has 2 aromatic carbocycles. The minimum absolute atomic E-state index is 0.781. The van der Waals surface area contributed by atoms with Crippen LogP contribution in [-0.2, 0) is 0 Å². The lowest BCUT2D eigenvalue weighted by molar-refractivity contribution is 0.347. The molecule has 0 saturated heterocycles. The molecule has 2 rings (SSSR count). The number of benzene rings is 2. The van der Waals surface area contributed by atoms with E-state index in [-0.39, 0.29) is 0 Å². The Bertz CT molecular complexity index is 723. The third-order valence-electron chi connectivity index (χ3n) is 2.86. The fraction of sp³-hybridized carbons (Fsp3) is 0.143. The summed E-state index contributed by atoms with van der Waals surface area (Å²) in [5, 5.41) is 1.78. The minimum atomic E-state index is -2.68. The molecule has 150 valence electrons. The van der Waals surface area contributed by atoms with Gasteiger partial charge in [-0.25, -0.2) is 52.7 Å². The van der Waals surface area contributed by atoms with Crippen molar-refractivity contribution in [2.75, 3.05) is 13.6 Å². The van der Waals surface area contributed by atoms with Crippen molar-refractivity contribution in [2.45, 2.75) is 0 Å². The van der Waals surface area contributed by atoms with Gasteiger partial charge < -0.3 is 0 Å². The van der Waals surface area contributed by atoms with Gasteiger partial charge in [-0.15, -0.1) is 0 Å². The average molecular weight is 415 g/mol. The van der Waals surface area contributed by atoms with Gasteiger partial charge in [-0.2, -0.15) is 0 Å². The van der Waals surface area contributed by atoms with E-state index >= 15 is 0 Å². The smallest absolute Gasteiger partial charge is 0.200 e. The number of hydrogen-bond donors (Lipinski definition) is 1. The normalized spacial score (nSPS) is 10.7. The van der Waals surface area contributed by atoms with E-state index in [1.807, 2.05) is 0 Å². The second kappa shape index (κ2) is 8.97. The number of nitrogens with one attached hydrogen (secondary N) is 1. The summed E-state index contributed by atoms with van der Waals surface area (Å²) in [6, 6.07) is 0. The maximum absolute atomic E-state index is 13.4. The van der Waals surface area contributed by atoms with E-state index in [4.69, 9.17) is 0 Å². The van der Waals surface area contributed by atoms with Gasteiger partial charge in [0.05, 0.1) is 11.1 Å². The van der Waals surface area contributed by atoms with Crippen LogP contribution in [0.5, 0.6) is 0 Å². The molecule has 1 N–H and O–H groups in total. The van der Waals surface area contributed by atoms with E-state index in [1.165, 1.54) is 0 Å². The third-order valence-corrected chi connectivity index (χ3v) is 2.86. The summed E-state index contributed by atoms with van der Waals surface area (Å²) in [6.07, 6.45) is 0. The van der Waals surface area contributed by atoms with Crippen LogP contribution in [0.15, 0.2) is 0 Å². The highest BCUT2D eigenvalue weighted by atomic mass is 19.2. The summed E-state index contributed by atoms with van der Waals surface area (Å²) < 4.78 is 152. The van der Waals surface area contributed by atoms with Crippen LogP contribution in [-0.4, -0.2) is 13.6 Å². The van der Waals surface area contributed by atoms with Crippen LogP contribution < -0.4 is 5.32 Å². The van der Waals surface area contributed by atoms with Gasteiger partial charge in [0.15, 0.2) is 46.5 Å². The van der Waals surface area contributed by atoms with Crippen LogP contribution >= 0.6 is 0 Å². The lowest BCUT2D eigenvalue weighted by Gasteiger charge is -2.11. The Morgan fingerprint density at radius 2 is 0.556 bits per heavy atom. The van der Waals surface area contributed by atoms with Crippen LogP contribution in [0, 0.1) is 58.2 Å². The number of alkyl halides is 2. The molecule has 0 atom stereocenters. The van der Waals surface area contributed by atoms with E-state index in [0.717, 1.165) is 0 Å². The van der Waals surface area contributed by atoms with Gasteiger partial charge in [-0.1, -0.05) is 0 Å². The predicted octanol–water partition coefficient (Wildman–Crippen LogP) is 5.17. The Labute approximate surface area is 142 Å². The average Bonchev–Trinajstić information content (AvgIpc) is 2.65. The lowest BCUT2D eigenvalue weighted by Crippen LogP contribution is -2.10. The van der Waals surface area contributed by atoms with E-state index in [1.54, 1.807) is 5.32 Å². The van der Waals surface area contributed by atoms with Gasteiger partial charge in [0.1, 0.15) is 13.6 Å². The highest BCUT2D eigenvalue weighted by molar-refractivity contribution is 5.67. The van der Waals surface area contributed by atoms with Crippen molar-refractivity contribution in [1.82, 2.24) is 5.32 Å². The summed E-state index contributed by atoms with van der Waals surface area (Å²) in [4.78, 5) is 0. The van der Waals surface area contributed by atoms with E-state index in [2.05, 4.69) is 0 Å². The Morgan fingerprint density at radius 1 is 0.370 bits per heavy atom. The third kappa shape index (κ3) is 4.12. The summed E-state index contributed by atoms with van der Waals surface area (Å²) in [7, 11) is 0. The van der Waals surface area contributed by atoms with E-state index in [0.29, 0.717) is 0 Å². The molecule has 0 aliphatic rings. The Balaban J connectivity index is 0.000000646. The zero-order valence-corrected chi connectivity index (χ0v) is 12.4. The van der Waals surface area contributed by atoms with Gasteiger partial charge in [-0.3, -0.25) is 5.32 Å². The SMILES string of the molecule is FCNCF.Fc1c(F)c(F)c(-c2c(F)c(F)c(F)c(F)c2F)c(F)c1F. The zero-order valence-electron chi connectivity index (χ0n) is 12.4. The summed E-state index contributed by atoms with van der Waals surface area (Å²) in [6.45, 7) is -1.56. The maximum Gasteiger partial charge on any atom is 0.200 e. The zero-order chi connectivity index (χ0) is 21.0. The van der Waals surface area contributed by atoms with Gasteiger partial charge in [0, 0.05) is 0 Å². The molecule has 1 nitrogen and oxygen atoms in total. The molecule has 0 radical (unpaired) electrons. The van der Waals surface area contributed by atoms with Crippen LogP contribution in [0.1, 0.15) is 0 Å². The Kier molecular flexibility index (Phi) is 7.51. The molecular weight excluding hydrogens is 410 g/mol. The molecule has 0 fully saturated rings. The highest BCUT2D eigenvalue weighted by Crippen LogP contribution is 2.37. The summed E-state index contributed by atoms with van der Waals surface area (Å²) in [5.74, 6) is -26.6. The first kappa shape index (κ1) is 22.6. The molecule has 0 unspecified atom stereocenters. The number of hydrogen-bond acceptors (Lipinski definition) is 1. The second-order valence-electron chi connectivity index (χ2n) is 4.41. The molecule has 0 amide bonds. The molecule has 0 spiro atoms. The molecule has 0 aliphatic heterocycles. The molecule has 0 bridgehead atoms. The molecule has 2 aromatic rings. The van der Waals surface area contributed by atoms with Crippen molar-refractivity contribution in [1.29, 1.82) is 0 Å². The minimum Gasteiger partial charge on any atom is -0.263 e. The molecule has 13 heteroatoms. The van der Waals surface area contributed by atoms with Crippen LogP contribution in [0.25, 0.3) is 11.1 Å². The lowest BCUT2D eigenvalue weighted by atomic mass is 10.0. The largest absolute Gasteiger partial charge is 0.263 e. The van der Waals surface area contributed by atoms with Gasteiger partial charge in [0.2, 0.25) is 11.6 Å². The van der Waals surface area contributed by atoms with Crippen molar-refractivity contribution < 1.29 is 52.7 Å². The van der Waals surface area contributed by atoms with Crippen molar-refractivity contribution in [2.24, 2.45) is 0 Å². The topological polar surface area (TPSA) is 12.0 Å². The van der Waals surface area contributed by atoms with Gasteiger partial charge >= 0.3 is 0 Å². The van der Waals surface area contributed by atoms with Crippen molar-refractivity contribution >= 4 is 0 Å². The molecule has 0 heterocycles. The van der Waals surface area contributed by atoms with E-state index in [9.17, 15) is 52.7 Å². The van der Waals surface area contributed by atoms with Crippen molar-refractivity contribution in [3.05, 3.63) is 58.2 Å². The molecule has 0 saturated carbocycles. The van der Waals surface area contributed by atoms with Crippen LogP contribution in [0.3, 0.4) is 0 Å². The predicted molar refractivity (Wildman–Crippen MR) is 66.5 cm³/mol. The second-order valence-corrected chi connectivity index (χ2v) is 4.41. The fourth-order valence-corrected chi connectivity index (χ4v) is 1.68. The Hall–Kier alpha value is -2.44. The standard InChI is InChI=1S/C12F10.C2H5F2N/c13-3-1(4(14)8(18)11(21)7(3)17)2-5(15)9(19)12(22)10(20)6(2)16;3-1-5-2-4/h;5H,1-2H2. The summed E-state index contributed by atoms with van der Waals surface area (Å²) in [5.41, 5.74) is -4.52. The summed E-state index contributed by atoms with van der Waals surface area (Å²) >= 11 is 0. The van der Waals surface area contributed by atoms with Gasteiger partial charge in [-0.05, 0) is 0 Å². The first-order valence-corrected chi connectivity index (χ1v) is 6.38. The van der Waals surface area contributed by atoms with Crippen LogP contribution in [0.4, 0.5) is 52.7 Å². The highest BCUT2D eigenvalue weighted by Gasteiger charge is 2.34. The van der Waals surface area contributed by atoms with Gasteiger partial charge in [0.25, 0.3) is 0 Å². The Morgan fingerprint density at radius 3 is 0.704 bits per heavy atom. The van der Waals surface area contributed by atoms with Crippen molar-refractivity contribution in [3.8, 4) is 11.1 Å². The number of halogens is 12. The molecule has 0 aliphatic carbocycles. The monoisotopic (exact) mass is 415 g/mol. The first-order valence-electron chi connectivity index (χ1n) is 6.38. The first-order chi connectivity index (χ1) is 12.5. The fourth-order valence-electron chi connectivity index (χ4n) is 1.68. The molecule has 27 heavy (non-hydrogen) atoms. The quantitative estimate of drug-likeness (QED) is 0.316. The van der Waals surface area contributed by atoms with Crippen LogP contribution in [0.2, 0.25) is 0 Å². The molecular formula is C14H5F12N. The molecule has 0 aromatic heterocycles. The van der Waals surface area contributed by atoms with Crippen molar-refractivity contribution in [3.63, 3.8) is 0 Å². The number of rotatable bonds is 3. The maximum atomic E-state index is 13.4. The van der Waals surface area contributed by atoms with E-state index < -0.39 is 82.9 Å².